The third-order valence-electron chi connectivity index (χ3n) is 1.06. The Bertz CT molecular complexity index is 157. The fraction of sp³-hybridized carbons (Fsp3) is 0.750. The highest BCUT2D eigenvalue weighted by Gasteiger charge is 2.41. The van der Waals surface area contributed by atoms with Crippen molar-refractivity contribution >= 4 is 16.9 Å². The van der Waals surface area contributed by atoms with Gasteiger partial charge in [0.05, 0.1) is 12.4 Å². The lowest BCUT2D eigenvalue weighted by atomic mass is 10.6. The maximum Gasteiger partial charge on any atom is 0.461 e. The molecule has 1 fully saturated rings. The number of nitrogens with zero attached hydrogens (tertiary/aromatic N) is 1. The molecule has 1 aliphatic heterocycles. The summed E-state index contributed by atoms with van der Waals surface area (Å²) in [5.41, 5.74) is 0. The first-order chi connectivity index (χ1) is 4.50. The van der Waals surface area contributed by atoms with Gasteiger partial charge < -0.3 is 0 Å². The van der Waals surface area contributed by atoms with Gasteiger partial charge in [0.15, 0.2) is 0 Å². The quantitative estimate of drug-likeness (QED) is 0.508. The molecule has 0 amide bonds. The predicted molar refractivity (Wildman–Crippen MR) is 30.2 cm³/mol. The van der Waals surface area contributed by atoms with Gasteiger partial charge in [0.1, 0.15) is 0 Å². The molecule has 0 unspecified atom stereocenters. The van der Waals surface area contributed by atoms with Crippen molar-refractivity contribution in [2.75, 3.05) is 12.4 Å². The van der Waals surface area contributed by atoms with Crippen molar-refractivity contribution < 1.29 is 18.0 Å². The number of thioether (sulfide) groups is 1. The highest BCUT2D eigenvalue weighted by Crippen LogP contribution is 2.28. The fourth-order valence-corrected chi connectivity index (χ4v) is 1.34. The molecule has 0 aromatic carbocycles. The second kappa shape index (κ2) is 2.43. The fourth-order valence-electron chi connectivity index (χ4n) is 0.560. The van der Waals surface area contributed by atoms with Crippen LogP contribution in [-0.2, 0) is 4.79 Å². The summed E-state index contributed by atoms with van der Waals surface area (Å²) in [6.45, 7) is -0.506. The first kappa shape index (κ1) is 7.87. The highest BCUT2D eigenvalue weighted by molar-refractivity contribution is 8.14. The van der Waals surface area contributed by atoms with Crippen LogP contribution in [0.5, 0.6) is 0 Å². The molecule has 0 saturated carbocycles. The molecule has 2 nitrogen and oxygen atoms in total. The molecular weight excluding hydrogens is 167 g/mol. The van der Waals surface area contributed by atoms with Crippen LogP contribution in [0.4, 0.5) is 13.2 Å². The molecule has 1 rings (SSSR count). The molecule has 0 spiro atoms. The third kappa shape index (κ3) is 1.63. The Balaban J connectivity index is 2.53. The lowest BCUT2D eigenvalue weighted by Gasteiger charge is -2.15. The molecule has 6 heteroatoms. The average Bonchev–Trinajstić information content (AvgIpc) is 2.11. The van der Waals surface area contributed by atoms with Crippen molar-refractivity contribution in [3.05, 3.63) is 0 Å². The van der Waals surface area contributed by atoms with Gasteiger partial charge in [0.25, 0.3) is 0 Å². The van der Waals surface area contributed by atoms with Crippen LogP contribution in [0, 0.1) is 0 Å². The summed E-state index contributed by atoms with van der Waals surface area (Å²) in [6, 6.07) is 0. The second-order valence-corrected chi connectivity index (χ2v) is 2.81. The van der Waals surface area contributed by atoms with Crippen molar-refractivity contribution in [1.29, 1.82) is 0 Å². The molecule has 1 saturated heterocycles. The topological polar surface area (TPSA) is 20.3 Å². The van der Waals surface area contributed by atoms with E-state index in [4.69, 9.17) is 0 Å². The van der Waals surface area contributed by atoms with Crippen LogP contribution >= 0.6 is 11.8 Å². The molecular formula is C4H4F3NOS. The summed E-state index contributed by atoms with van der Waals surface area (Å²) in [5.74, 6) is -0.262. The summed E-state index contributed by atoms with van der Waals surface area (Å²) >= 11 is 0.699. The van der Waals surface area contributed by atoms with E-state index in [2.05, 4.69) is 0 Å². The minimum atomic E-state index is -4.35. The first-order valence-electron chi connectivity index (χ1n) is 2.47. The highest BCUT2D eigenvalue weighted by atomic mass is 32.2. The molecule has 0 bridgehead atoms. The Hall–Kier alpha value is -0.230. The van der Waals surface area contributed by atoms with Crippen LogP contribution in [0.1, 0.15) is 0 Å². The van der Waals surface area contributed by atoms with E-state index in [1.54, 1.807) is 0 Å². The number of alkyl halides is 3. The van der Waals surface area contributed by atoms with Gasteiger partial charge in [-0.1, -0.05) is 11.8 Å². The summed E-state index contributed by atoms with van der Waals surface area (Å²) in [6.07, 6.45) is -4.35. The summed E-state index contributed by atoms with van der Waals surface area (Å²) in [5, 5.41) is -0.419. The standard InChI is InChI=1S/C4H4F3NOS/c5-4(6,7)8-1-3(9)10-2-8/h1-2H2. The second-order valence-electron chi connectivity index (χ2n) is 1.81. The zero-order chi connectivity index (χ0) is 7.78. The van der Waals surface area contributed by atoms with Crippen LogP contribution in [0.15, 0.2) is 0 Å². The lowest BCUT2D eigenvalue weighted by molar-refractivity contribution is -0.235. The van der Waals surface area contributed by atoms with E-state index in [-0.39, 0.29) is 10.8 Å². The Morgan fingerprint density at radius 1 is 1.50 bits per heavy atom. The number of carbonyl (C=O) groups is 1. The van der Waals surface area contributed by atoms with Gasteiger partial charge in [0.2, 0.25) is 5.12 Å². The number of hydrogen-bond donors (Lipinski definition) is 0. The number of rotatable bonds is 0. The van der Waals surface area contributed by atoms with Gasteiger partial charge >= 0.3 is 6.30 Å². The average molecular weight is 171 g/mol. The summed E-state index contributed by atoms with van der Waals surface area (Å²) < 4.78 is 35.1. The molecule has 0 radical (unpaired) electrons. The Morgan fingerprint density at radius 3 is 2.30 bits per heavy atom. The summed E-state index contributed by atoms with van der Waals surface area (Å²) in [4.78, 5) is 10.5. The molecule has 0 aromatic rings. The minimum absolute atomic E-state index is 0.181. The number of halogens is 3. The minimum Gasteiger partial charge on any atom is -0.286 e. The Labute approximate surface area is 59.4 Å². The van der Waals surface area contributed by atoms with Crippen LogP contribution in [0.2, 0.25) is 0 Å². The van der Waals surface area contributed by atoms with Gasteiger partial charge in [-0.15, -0.1) is 0 Å². The molecule has 58 valence electrons. The molecule has 1 heterocycles. The van der Waals surface area contributed by atoms with Gasteiger partial charge in [-0.2, -0.15) is 18.1 Å². The molecule has 0 aromatic heterocycles. The van der Waals surface area contributed by atoms with Gasteiger partial charge in [0, 0.05) is 0 Å². The van der Waals surface area contributed by atoms with E-state index in [0.29, 0.717) is 11.8 Å². The van der Waals surface area contributed by atoms with E-state index < -0.39 is 18.0 Å². The SMILES string of the molecule is O=C1CN(C(F)(F)F)CS1. The van der Waals surface area contributed by atoms with Gasteiger partial charge in [-0.05, 0) is 0 Å². The monoisotopic (exact) mass is 171 g/mol. The molecule has 10 heavy (non-hydrogen) atoms. The predicted octanol–water partition coefficient (Wildman–Crippen LogP) is 1.04. The maximum atomic E-state index is 11.7. The van der Waals surface area contributed by atoms with Crippen LogP contribution in [0.3, 0.4) is 0 Å². The summed E-state index contributed by atoms with van der Waals surface area (Å²) in [7, 11) is 0. The smallest absolute Gasteiger partial charge is 0.286 e. The molecule has 0 N–H and O–H groups in total. The van der Waals surface area contributed by atoms with Crippen molar-refractivity contribution in [2.24, 2.45) is 0 Å². The molecule has 1 aliphatic rings. The first-order valence-corrected chi connectivity index (χ1v) is 3.46. The zero-order valence-corrected chi connectivity index (χ0v) is 5.63. The van der Waals surface area contributed by atoms with E-state index in [9.17, 15) is 18.0 Å². The van der Waals surface area contributed by atoms with Crippen LogP contribution in [-0.4, -0.2) is 28.7 Å². The third-order valence-corrected chi connectivity index (χ3v) is 1.95. The Morgan fingerprint density at radius 2 is 2.10 bits per heavy atom. The molecule has 0 aliphatic carbocycles. The zero-order valence-electron chi connectivity index (χ0n) is 4.81. The van der Waals surface area contributed by atoms with E-state index in [1.165, 1.54) is 0 Å². The van der Waals surface area contributed by atoms with E-state index >= 15 is 0 Å². The lowest BCUT2D eigenvalue weighted by Crippen LogP contribution is -2.35. The van der Waals surface area contributed by atoms with Gasteiger partial charge in [-0.25, -0.2) is 0 Å². The molecule has 0 atom stereocenters. The van der Waals surface area contributed by atoms with Crippen LogP contribution < -0.4 is 0 Å². The van der Waals surface area contributed by atoms with Crippen LogP contribution in [0.25, 0.3) is 0 Å². The maximum absolute atomic E-state index is 11.7. The van der Waals surface area contributed by atoms with E-state index in [0.717, 1.165) is 0 Å². The van der Waals surface area contributed by atoms with Crippen molar-refractivity contribution in [2.45, 2.75) is 6.30 Å². The Kier molecular flexibility index (Phi) is 1.91. The normalized spacial score (nSPS) is 22.1. The largest absolute Gasteiger partial charge is 0.461 e. The van der Waals surface area contributed by atoms with Crippen molar-refractivity contribution in [3.63, 3.8) is 0 Å². The van der Waals surface area contributed by atoms with Crippen molar-refractivity contribution in [3.8, 4) is 0 Å². The van der Waals surface area contributed by atoms with Gasteiger partial charge in [-0.3, -0.25) is 4.79 Å². The van der Waals surface area contributed by atoms with E-state index in [1.807, 2.05) is 0 Å². The van der Waals surface area contributed by atoms with Crippen molar-refractivity contribution in [1.82, 2.24) is 4.90 Å². The number of hydrogen-bond acceptors (Lipinski definition) is 3. The number of carbonyl (C=O) groups excluding carboxylic acids is 1.